The van der Waals surface area contributed by atoms with Gasteiger partial charge in [-0.15, -0.1) is 0 Å². The minimum absolute atomic E-state index is 0.623. The second-order valence-electron chi connectivity index (χ2n) is 4.02. The Balaban J connectivity index is 1.86. The maximum Gasteiger partial charge on any atom is 0.225 e. The van der Waals surface area contributed by atoms with Crippen molar-refractivity contribution in [2.24, 2.45) is 5.92 Å². The average Bonchev–Trinajstić information content (AvgIpc) is 2.79. The van der Waals surface area contributed by atoms with E-state index in [1.807, 2.05) is 18.5 Å². The molecule has 1 N–H and O–H groups in total. The van der Waals surface area contributed by atoms with Gasteiger partial charge >= 0.3 is 0 Å². The highest BCUT2D eigenvalue weighted by molar-refractivity contribution is 5.34. The molecular formula is C10H14N4. The lowest BCUT2D eigenvalue weighted by atomic mass is 10.1. The van der Waals surface area contributed by atoms with Crippen molar-refractivity contribution >= 4 is 5.95 Å². The fraction of sp³-hybridized carbons (Fsp3) is 0.600. The lowest BCUT2D eigenvalue weighted by molar-refractivity contribution is 0.576. The van der Waals surface area contributed by atoms with Crippen LogP contribution in [0.15, 0.2) is 18.5 Å². The van der Waals surface area contributed by atoms with Crippen molar-refractivity contribution in [1.82, 2.24) is 15.3 Å². The molecule has 2 fully saturated rings. The molecule has 0 aliphatic carbocycles. The third kappa shape index (κ3) is 1.18. The van der Waals surface area contributed by atoms with Gasteiger partial charge in [0.05, 0.1) is 0 Å². The smallest absolute Gasteiger partial charge is 0.225 e. The van der Waals surface area contributed by atoms with E-state index in [1.165, 1.54) is 6.42 Å². The van der Waals surface area contributed by atoms with Crippen LogP contribution in [0.3, 0.4) is 0 Å². The van der Waals surface area contributed by atoms with Crippen molar-refractivity contribution in [2.75, 3.05) is 24.5 Å². The molecule has 2 aliphatic rings. The van der Waals surface area contributed by atoms with Gasteiger partial charge in [0.25, 0.3) is 0 Å². The van der Waals surface area contributed by atoms with E-state index in [0.717, 1.165) is 31.5 Å². The molecule has 0 saturated carbocycles. The van der Waals surface area contributed by atoms with Gasteiger partial charge in [-0.1, -0.05) is 0 Å². The van der Waals surface area contributed by atoms with E-state index in [4.69, 9.17) is 0 Å². The molecule has 2 aliphatic heterocycles. The highest BCUT2D eigenvalue weighted by Crippen LogP contribution is 2.29. The Morgan fingerprint density at radius 2 is 2.14 bits per heavy atom. The van der Waals surface area contributed by atoms with Crippen LogP contribution in [0.25, 0.3) is 0 Å². The summed E-state index contributed by atoms with van der Waals surface area (Å²) in [6, 6.07) is 2.49. The lowest BCUT2D eigenvalue weighted by Crippen LogP contribution is -2.35. The average molecular weight is 190 g/mol. The maximum absolute atomic E-state index is 4.31. The summed E-state index contributed by atoms with van der Waals surface area (Å²) in [6.45, 7) is 3.36. The fourth-order valence-corrected chi connectivity index (χ4v) is 2.54. The Kier molecular flexibility index (Phi) is 1.87. The molecule has 0 aromatic carbocycles. The first-order chi connectivity index (χ1) is 6.95. The van der Waals surface area contributed by atoms with Gasteiger partial charge in [0, 0.05) is 38.1 Å². The van der Waals surface area contributed by atoms with E-state index in [9.17, 15) is 0 Å². The van der Waals surface area contributed by atoms with Gasteiger partial charge in [0.1, 0.15) is 0 Å². The number of hydrogen-bond acceptors (Lipinski definition) is 4. The summed E-state index contributed by atoms with van der Waals surface area (Å²) in [6.07, 6.45) is 4.91. The molecule has 3 rings (SSSR count). The molecule has 3 heterocycles. The van der Waals surface area contributed by atoms with Gasteiger partial charge in [0.15, 0.2) is 0 Å². The molecule has 1 aromatic heterocycles. The monoisotopic (exact) mass is 190 g/mol. The molecule has 4 nitrogen and oxygen atoms in total. The molecule has 2 unspecified atom stereocenters. The van der Waals surface area contributed by atoms with Crippen LogP contribution < -0.4 is 10.2 Å². The van der Waals surface area contributed by atoms with E-state index in [2.05, 4.69) is 20.2 Å². The normalized spacial score (nSPS) is 30.7. The van der Waals surface area contributed by atoms with Gasteiger partial charge in [-0.2, -0.15) is 0 Å². The molecule has 4 heteroatoms. The highest BCUT2D eigenvalue weighted by Gasteiger charge is 2.38. The van der Waals surface area contributed by atoms with Crippen LogP contribution in [0.4, 0.5) is 5.95 Å². The largest absolute Gasteiger partial charge is 0.336 e. The van der Waals surface area contributed by atoms with Gasteiger partial charge < -0.3 is 10.2 Å². The molecular weight excluding hydrogens is 176 g/mol. The van der Waals surface area contributed by atoms with E-state index >= 15 is 0 Å². The quantitative estimate of drug-likeness (QED) is 0.690. The molecule has 14 heavy (non-hydrogen) atoms. The van der Waals surface area contributed by atoms with Crippen LogP contribution in [0, 0.1) is 5.92 Å². The Hall–Kier alpha value is -1.16. The lowest BCUT2D eigenvalue weighted by Gasteiger charge is -2.22. The van der Waals surface area contributed by atoms with Crippen LogP contribution in [0.2, 0.25) is 0 Å². The topological polar surface area (TPSA) is 41.1 Å². The predicted molar refractivity (Wildman–Crippen MR) is 54.1 cm³/mol. The zero-order chi connectivity index (χ0) is 9.38. The van der Waals surface area contributed by atoms with Crippen molar-refractivity contribution in [1.29, 1.82) is 0 Å². The minimum Gasteiger partial charge on any atom is -0.336 e. The second kappa shape index (κ2) is 3.20. The van der Waals surface area contributed by atoms with E-state index in [1.54, 1.807) is 0 Å². The molecule has 74 valence electrons. The molecule has 2 atom stereocenters. The number of rotatable bonds is 1. The Morgan fingerprint density at radius 1 is 1.29 bits per heavy atom. The summed E-state index contributed by atoms with van der Waals surface area (Å²) in [4.78, 5) is 11.0. The van der Waals surface area contributed by atoms with E-state index < -0.39 is 0 Å². The molecule has 0 spiro atoms. The second-order valence-corrected chi connectivity index (χ2v) is 4.02. The van der Waals surface area contributed by atoms with Gasteiger partial charge in [-0.05, 0) is 18.4 Å². The van der Waals surface area contributed by atoms with Gasteiger partial charge in [-0.25, -0.2) is 9.97 Å². The zero-order valence-corrected chi connectivity index (χ0v) is 8.06. The van der Waals surface area contributed by atoms with Gasteiger partial charge in [0.2, 0.25) is 5.95 Å². The van der Waals surface area contributed by atoms with Crippen molar-refractivity contribution in [3.8, 4) is 0 Å². The van der Waals surface area contributed by atoms with Crippen molar-refractivity contribution in [3.05, 3.63) is 18.5 Å². The summed E-state index contributed by atoms with van der Waals surface area (Å²) >= 11 is 0. The Labute approximate surface area is 83.4 Å². The summed E-state index contributed by atoms with van der Waals surface area (Å²) in [5, 5.41) is 3.43. The third-order valence-corrected chi connectivity index (χ3v) is 3.25. The summed E-state index contributed by atoms with van der Waals surface area (Å²) in [7, 11) is 0. The number of nitrogens with zero attached hydrogens (tertiary/aromatic N) is 3. The fourth-order valence-electron chi connectivity index (χ4n) is 2.54. The minimum atomic E-state index is 0.623. The van der Waals surface area contributed by atoms with Crippen LogP contribution in [-0.4, -0.2) is 35.6 Å². The van der Waals surface area contributed by atoms with Crippen LogP contribution in [0.5, 0.6) is 0 Å². The van der Waals surface area contributed by atoms with Crippen LogP contribution >= 0.6 is 0 Å². The van der Waals surface area contributed by atoms with E-state index in [0.29, 0.717) is 6.04 Å². The SMILES string of the molecule is c1cnc(N2CCC3CNCC32)nc1. The molecule has 2 saturated heterocycles. The number of aromatic nitrogens is 2. The van der Waals surface area contributed by atoms with Crippen molar-refractivity contribution < 1.29 is 0 Å². The summed E-state index contributed by atoms with van der Waals surface area (Å²) < 4.78 is 0. The van der Waals surface area contributed by atoms with Gasteiger partial charge in [-0.3, -0.25) is 0 Å². The van der Waals surface area contributed by atoms with Crippen LogP contribution in [-0.2, 0) is 0 Å². The molecule has 0 radical (unpaired) electrons. The molecule has 0 amide bonds. The number of fused-ring (bicyclic) bond motifs is 1. The summed E-state index contributed by atoms with van der Waals surface area (Å²) in [5.41, 5.74) is 0. The highest BCUT2D eigenvalue weighted by atomic mass is 15.3. The predicted octanol–water partition coefficient (Wildman–Crippen LogP) is 0.275. The standard InChI is InChI=1S/C10H14N4/c1-3-12-10(13-4-1)14-5-2-8-6-11-7-9(8)14/h1,3-4,8-9,11H,2,5-7H2. The summed E-state index contributed by atoms with van der Waals surface area (Å²) in [5.74, 6) is 1.70. The number of hydrogen-bond donors (Lipinski definition) is 1. The van der Waals surface area contributed by atoms with Crippen molar-refractivity contribution in [3.63, 3.8) is 0 Å². The van der Waals surface area contributed by atoms with Crippen LogP contribution in [0.1, 0.15) is 6.42 Å². The molecule has 1 aromatic rings. The Morgan fingerprint density at radius 3 is 3.00 bits per heavy atom. The first kappa shape index (κ1) is 8.17. The van der Waals surface area contributed by atoms with Crippen molar-refractivity contribution in [2.45, 2.75) is 12.5 Å². The maximum atomic E-state index is 4.31. The Bertz CT molecular complexity index is 313. The first-order valence-electron chi connectivity index (χ1n) is 5.19. The first-order valence-corrected chi connectivity index (χ1v) is 5.19. The number of nitrogens with one attached hydrogen (secondary N) is 1. The van der Waals surface area contributed by atoms with E-state index in [-0.39, 0.29) is 0 Å². The number of anilines is 1. The third-order valence-electron chi connectivity index (χ3n) is 3.25. The molecule has 0 bridgehead atoms. The zero-order valence-electron chi connectivity index (χ0n) is 8.06.